The van der Waals surface area contributed by atoms with Gasteiger partial charge < -0.3 is 5.11 Å². The molecule has 0 saturated carbocycles. The van der Waals surface area contributed by atoms with Gasteiger partial charge in [0.2, 0.25) is 0 Å². The van der Waals surface area contributed by atoms with Gasteiger partial charge in [-0.1, -0.05) is 84.0 Å². The summed E-state index contributed by atoms with van der Waals surface area (Å²) in [6.45, 7) is 1.75. The zero-order valence-corrected chi connectivity index (χ0v) is 14.4. The van der Waals surface area contributed by atoms with Crippen LogP contribution in [0.25, 0.3) is 0 Å². The maximum Gasteiger partial charge on any atom is 0.270 e. The lowest BCUT2D eigenvalue weighted by molar-refractivity contribution is 0.276. The van der Waals surface area contributed by atoms with Gasteiger partial charge in [0.15, 0.2) is 0 Å². The van der Waals surface area contributed by atoms with Gasteiger partial charge >= 0.3 is 0 Å². The lowest BCUT2D eigenvalue weighted by Gasteiger charge is -2.10. The van der Waals surface area contributed by atoms with Crippen LogP contribution < -0.4 is 0 Å². The number of aliphatic hydroxyl groups excluding tert-OH is 1. The van der Waals surface area contributed by atoms with E-state index in [0.717, 1.165) is 19.3 Å². The number of hydrogen-bond donors (Lipinski definition) is 2. The summed E-state index contributed by atoms with van der Waals surface area (Å²) in [5.41, 5.74) is 0. The smallest absolute Gasteiger partial charge is 0.270 e. The van der Waals surface area contributed by atoms with Crippen LogP contribution in [0, 0.1) is 0 Å². The largest absolute Gasteiger partial charge is 0.395 e. The Morgan fingerprint density at radius 1 is 0.762 bits per heavy atom. The van der Waals surface area contributed by atoms with Crippen molar-refractivity contribution in [3.8, 4) is 0 Å². The fraction of sp³-hybridized carbons (Fsp3) is 1.00. The standard InChI is InChI=1S/C16H34O4S/c1-2-3-4-5-6-7-8-9-10-11-12-13-14-16(15-17)21(18,19)20/h16-17H,2-15H2,1H3,(H,18,19,20). The highest BCUT2D eigenvalue weighted by molar-refractivity contribution is 7.86. The molecule has 0 aromatic heterocycles. The van der Waals surface area contributed by atoms with Crippen molar-refractivity contribution >= 4 is 10.1 Å². The number of unbranched alkanes of at least 4 members (excludes halogenated alkanes) is 11. The van der Waals surface area contributed by atoms with Gasteiger partial charge in [-0.25, -0.2) is 0 Å². The van der Waals surface area contributed by atoms with E-state index in [1.165, 1.54) is 57.8 Å². The Morgan fingerprint density at radius 3 is 1.48 bits per heavy atom. The molecule has 0 aliphatic rings. The second-order valence-electron chi connectivity index (χ2n) is 6.00. The first-order chi connectivity index (χ1) is 10.0. The summed E-state index contributed by atoms with van der Waals surface area (Å²) in [5, 5.41) is 7.90. The second-order valence-corrected chi connectivity index (χ2v) is 7.69. The minimum absolute atomic E-state index is 0.354. The number of aliphatic hydroxyl groups is 1. The van der Waals surface area contributed by atoms with E-state index in [9.17, 15) is 8.42 Å². The molecule has 0 amide bonds. The van der Waals surface area contributed by atoms with Crippen LogP contribution >= 0.6 is 0 Å². The zero-order chi connectivity index (χ0) is 16.0. The van der Waals surface area contributed by atoms with E-state index in [2.05, 4.69) is 6.92 Å². The summed E-state index contributed by atoms with van der Waals surface area (Å²) in [6, 6.07) is 0. The number of rotatable bonds is 15. The Balaban J connectivity index is 3.29. The van der Waals surface area contributed by atoms with Gasteiger partial charge in [0.25, 0.3) is 10.1 Å². The molecule has 0 heterocycles. The van der Waals surface area contributed by atoms with Gasteiger partial charge in [0, 0.05) is 0 Å². The fourth-order valence-corrected chi connectivity index (χ4v) is 3.20. The van der Waals surface area contributed by atoms with Crippen molar-refractivity contribution in [3.05, 3.63) is 0 Å². The molecule has 5 heteroatoms. The minimum Gasteiger partial charge on any atom is -0.395 e. The lowest BCUT2D eigenvalue weighted by atomic mass is 10.0. The Labute approximate surface area is 131 Å². The Kier molecular flexibility index (Phi) is 13.4. The van der Waals surface area contributed by atoms with E-state index >= 15 is 0 Å². The molecule has 0 aliphatic heterocycles. The molecule has 1 atom stereocenters. The molecule has 1 unspecified atom stereocenters. The van der Waals surface area contributed by atoms with Crippen LogP contribution in [0.15, 0.2) is 0 Å². The molecular weight excluding hydrogens is 288 g/mol. The lowest BCUT2D eigenvalue weighted by Crippen LogP contribution is -2.24. The highest BCUT2D eigenvalue weighted by atomic mass is 32.2. The number of hydrogen-bond acceptors (Lipinski definition) is 3. The molecule has 2 N–H and O–H groups in total. The molecule has 0 radical (unpaired) electrons. The third kappa shape index (κ3) is 13.3. The van der Waals surface area contributed by atoms with Crippen LogP contribution in [0.1, 0.15) is 90.4 Å². The molecular formula is C16H34O4S. The summed E-state index contributed by atoms with van der Waals surface area (Å²) >= 11 is 0. The van der Waals surface area contributed by atoms with Gasteiger partial charge in [-0.15, -0.1) is 0 Å². The van der Waals surface area contributed by atoms with Crippen LogP contribution in [-0.4, -0.2) is 29.9 Å². The normalized spacial score (nSPS) is 13.5. The molecule has 0 bridgehead atoms. The average Bonchev–Trinajstić information content (AvgIpc) is 2.42. The van der Waals surface area contributed by atoms with Gasteiger partial charge in [-0.3, -0.25) is 4.55 Å². The van der Waals surface area contributed by atoms with Crippen molar-refractivity contribution in [2.75, 3.05) is 6.61 Å². The van der Waals surface area contributed by atoms with Crippen LogP contribution in [0.4, 0.5) is 0 Å². The summed E-state index contributed by atoms with van der Waals surface area (Å²) in [4.78, 5) is 0. The molecule has 0 aromatic rings. The molecule has 0 aliphatic carbocycles. The second kappa shape index (κ2) is 13.5. The summed E-state index contributed by atoms with van der Waals surface area (Å²) < 4.78 is 30.6. The van der Waals surface area contributed by atoms with E-state index in [0.29, 0.717) is 6.42 Å². The molecule has 0 fully saturated rings. The maximum atomic E-state index is 10.9. The van der Waals surface area contributed by atoms with E-state index in [-0.39, 0.29) is 0 Å². The van der Waals surface area contributed by atoms with Gasteiger partial charge in [-0.05, 0) is 6.42 Å². The first-order valence-corrected chi connectivity index (χ1v) is 10.1. The van der Waals surface area contributed by atoms with Crippen LogP contribution in [0.5, 0.6) is 0 Å². The first-order valence-electron chi connectivity index (χ1n) is 8.59. The maximum absolute atomic E-state index is 10.9. The van der Waals surface area contributed by atoms with Crippen LogP contribution in [-0.2, 0) is 10.1 Å². The summed E-state index contributed by atoms with van der Waals surface area (Å²) in [5.74, 6) is 0. The van der Waals surface area contributed by atoms with Gasteiger partial charge in [-0.2, -0.15) is 8.42 Å². The van der Waals surface area contributed by atoms with E-state index in [4.69, 9.17) is 9.66 Å². The Morgan fingerprint density at radius 2 is 1.14 bits per heavy atom. The predicted molar refractivity (Wildman–Crippen MR) is 88.1 cm³/mol. The Hall–Kier alpha value is -0.130. The molecule has 128 valence electrons. The molecule has 0 aromatic carbocycles. The molecule has 21 heavy (non-hydrogen) atoms. The highest BCUT2D eigenvalue weighted by Crippen LogP contribution is 2.14. The van der Waals surface area contributed by atoms with Crippen LogP contribution in [0.3, 0.4) is 0 Å². The minimum atomic E-state index is -4.08. The van der Waals surface area contributed by atoms with Crippen LogP contribution in [0.2, 0.25) is 0 Å². The first kappa shape index (κ1) is 20.9. The van der Waals surface area contributed by atoms with Gasteiger partial charge in [0.1, 0.15) is 5.25 Å². The van der Waals surface area contributed by atoms with Crippen molar-refractivity contribution in [1.29, 1.82) is 0 Å². The fourth-order valence-electron chi connectivity index (χ4n) is 2.55. The average molecular weight is 323 g/mol. The predicted octanol–water partition coefficient (Wildman–Crippen LogP) is 4.33. The van der Waals surface area contributed by atoms with Crippen molar-refractivity contribution in [3.63, 3.8) is 0 Å². The monoisotopic (exact) mass is 322 g/mol. The third-order valence-corrected chi connectivity index (χ3v) is 5.23. The molecule has 4 nitrogen and oxygen atoms in total. The quantitative estimate of drug-likeness (QED) is 0.348. The highest BCUT2D eigenvalue weighted by Gasteiger charge is 2.20. The summed E-state index contributed by atoms with van der Waals surface area (Å²) in [7, 11) is -4.08. The Bertz CT molecular complexity index is 314. The van der Waals surface area contributed by atoms with Crippen molar-refractivity contribution in [2.24, 2.45) is 0 Å². The zero-order valence-electron chi connectivity index (χ0n) is 13.6. The van der Waals surface area contributed by atoms with E-state index in [1.54, 1.807) is 0 Å². The van der Waals surface area contributed by atoms with E-state index < -0.39 is 22.0 Å². The van der Waals surface area contributed by atoms with E-state index in [1.807, 2.05) is 0 Å². The van der Waals surface area contributed by atoms with Crippen molar-refractivity contribution in [2.45, 2.75) is 95.6 Å². The van der Waals surface area contributed by atoms with Crippen molar-refractivity contribution < 1.29 is 18.1 Å². The van der Waals surface area contributed by atoms with Crippen molar-refractivity contribution in [1.82, 2.24) is 0 Å². The molecule has 0 saturated heterocycles. The SMILES string of the molecule is CCCCCCCCCCCCCCC(CO)S(=O)(=O)O. The third-order valence-electron chi connectivity index (χ3n) is 4.00. The molecule has 0 spiro atoms. The summed E-state index contributed by atoms with van der Waals surface area (Å²) in [6.07, 6.45) is 15.0. The topological polar surface area (TPSA) is 74.6 Å². The van der Waals surface area contributed by atoms with Gasteiger partial charge in [0.05, 0.1) is 6.61 Å². The molecule has 0 rings (SSSR count).